The predicted molar refractivity (Wildman–Crippen MR) is 102 cm³/mol. The third-order valence-corrected chi connectivity index (χ3v) is 4.08. The fourth-order valence-electron chi connectivity index (χ4n) is 2.03. The Balaban J connectivity index is 1.87. The third kappa shape index (κ3) is 5.32. The third-order valence-electron chi connectivity index (χ3n) is 3.35. The van der Waals surface area contributed by atoms with Crippen LogP contribution < -0.4 is 20.2 Å². The van der Waals surface area contributed by atoms with Crippen LogP contribution in [0.2, 0.25) is 0 Å². The average molecular weight is 420 g/mol. The predicted octanol–water partition coefficient (Wildman–Crippen LogP) is 2.35. The molecule has 0 radical (unpaired) electrons. The van der Waals surface area contributed by atoms with E-state index in [9.17, 15) is 9.59 Å². The van der Waals surface area contributed by atoms with Crippen LogP contribution >= 0.6 is 15.9 Å². The number of hydrazone groups is 1. The van der Waals surface area contributed by atoms with E-state index < -0.39 is 11.8 Å². The molecule has 0 aromatic heterocycles. The van der Waals surface area contributed by atoms with Crippen molar-refractivity contribution in [1.29, 1.82) is 0 Å². The van der Waals surface area contributed by atoms with E-state index >= 15 is 0 Å². The Kier molecular flexibility index (Phi) is 7.16. The topological polar surface area (TPSA) is 89.0 Å². The number of rotatable bonds is 7. The molecule has 2 rings (SSSR count). The minimum atomic E-state index is -0.442. The summed E-state index contributed by atoms with van der Waals surface area (Å²) in [6, 6.07) is 12.2. The Labute approximate surface area is 159 Å². The molecular weight excluding hydrogens is 402 g/mol. The highest BCUT2D eigenvalue weighted by molar-refractivity contribution is 9.10. The summed E-state index contributed by atoms with van der Waals surface area (Å²) >= 11 is 3.38. The van der Waals surface area contributed by atoms with Crippen molar-refractivity contribution >= 4 is 34.0 Å². The molecule has 136 valence electrons. The lowest BCUT2D eigenvalue weighted by Crippen LogP contribution is -2.34. The second-order valence-electron chi connectivity index (χ2n) is 5.07. The molecule has 0 atom stereocenters. The van der Waals surface area contributed by atoms with Crippen molar-refractivity contribution in [2.45, 2.75) is 0 Å². The molecule has 0 aliphatic heterocycles. The first kappa shape index (κ1) is 19.5. The van der Waals surface area contributed by atoms with Gasteiger partial charge in [0.1, 0.15) is 0 Å². The summed E-state index contributed by atoms with van der Waals surface area (Å²) in [5, 5.41) is 6.38. The van der Waals surface area contributed by atoms with Crippen LogP contribution in [0.3, 0.4) is 0 Å². The first-order valence-corrected chi connectivity index (χ1v) is 8.41. The summed E-state index contributed by atoms with van der Waals surface area (Å²) in [6.07, 6.45) is 1.51. The van der Waals surface area contributed by atoms with Gasteiger partial charge in [-0.3, -0.25) is 9.59 Å². The number of methoxy groups -OCH3 is 2. The lowest BCUT2D eigenvalue weighted by molar-refractivity contribution is -0.120. The van der Waals surface area contributed by atoms with Gasteiger partial charge in [-0.25, -0.2) is 5.43 Å². The van der Waals surface area contributed by atoms with Crippen LogP contribution in [0.5, 0.6) is 11.5 Å². The summed E-state index contributed by atoms with van der Waals surface area (Å²) in [4.78, 5) is 23.9. The quantitative estimate of drug-likeness (QED) is 0.532. The minimum Gasteiger partial charge on any atom is -0.493 e. The van der Waals surface area contributed by atoms with E-state index in [0.29, 0.717) is 17.1 Å². The Bertz CT molecular complexity index is 824. The Morgan fingerprint density at radius 3 is 2.54 bits per heavy atom. The molecule has 8 heteroatoms. The Hall–Kier alpha value is -2.87. The summed E-state index contributed by atoms with van der Waals surface area (Å²) in [5.74, 6) is 0.101. The molecular formula is C18H18BrN3O4. The molecule has 0 saturated heterocycles. The number of hydrogen-bond acceptors (Lipinski definition) is 5. The monoisotopic (exact) mass is 419 g/mol. The second-order valence-corrected chi connectivity index (χ2v) is 5.92. The molecule has 7 nitrogen and oxygen atoms in total. The molecule has 0 unspecified atom stereocenters. The van der Waals surface area contributed by atoms with Crippen molar-refractivity contribution in [3.05, 3.63) is 58.1 Å². The highest BCUT2D eigenvalue weighted by Crippen LogP contribution is 2.27. The molecule has 2 amide bonds. The highest BCUT2D eigenvalue weighted by atomic mass is 79.9. The molecule has 0 aliphatic carbocycles. The van der Waals surface area contributed by atoms with Crippen molar-refractivity contribution in [3.63, 3.8) is 0 Å². The molecule has 0 spiro atoms. The van der Waals surface area contributed by atoms with Gasteiger partial charge in [-0.2, -0.15) is 5.10 Å². The van der Waals surface area contributed by atoms with Gasteiger partial charge in [0.25, 0.3) is 11.8 Å². The maximum Gasteiger partial charge on any atom is 0.259 e. The highest BCUT2D eigenvalue weighted by Gasteiger charge is 2.11. The zero-order valence-electron chi connectivity index (χ0n) is 14.3. The summed E-state index contributed by atoms with van der Waals surface area (Å²) in [7, 11) is 2.99. The van der Waals surface area contributed by atoms with Gasteiger partial charge in [-0.1, -0.05) is 34.1 Å². The van der Waals surface area contributed by atoms with Gasteiger partial charge < -0.3 is 14.8 Å². The van der Waals surface area contributed by atoms with Crippen molar-refractivity contribution in [2.75, 3.05) is 20.8 Å². The number of ether oxygens (including phenoxy) is 2. The average Bonchev–Trinajstić information content (AvgIpc) is 2.67. The fourth-order valence-corrected chi connectivity index (χ4v) is 2.42. The largest absolute Gasteiger partial charge is 0.493 e. The standard InChI is InChI=1S/C18H18BrN3O4/c1-25-15-8-7-12(9-16(15)26-2)18(24)20-11-17(23)22-21-10-13-5-3-4-6-14(13)19/h3-10H,11H2,1-2H3,(H,20,24)(H,22,23)/b21-10-. The van der Waals surface area contributed by atoms with Crippen LogP contribution in [0.4, 0.5) is 0 Å². The molecule has 2 aromatic rings. The number of carbonyl (C=O) groups excluding carboxylic acids is 2. The van der Waals surface area contributed by atoms with E-state index in [4.69, 9.17) is 9.47 Å². The van der Waals surface area contributed by atoms with Crippen molar-refractivity contribution in [1.82, 2.24) is 10.7 Å². The van der Waals surface area contributed by atoms with E-state index in [-0.39, 0.29) is 6.54 Å². The van der Waals surface area contributed by atoms with Crippen LogP contribution in [0.25, 0.3) is 0 Å². The number of carbonyl (C=O) groups is 2. The van der Waals surface area contributed by atoms with Crippen molar-refractivity contribution in [2.24, 2.45) is 5.10 Å². The fraction of sp³-hybridized carbons (Fsp3) is 0.167. The summed E-state index contributed by atoms with van der Waals surface area (Å²) in [5.41, 5.74) is 3.53. The van der Waals surface area contributed by atoms with Crippen LogP contribution in [0.1, 0.15) is 15.9 Å². The second kappa shape index (κ2) is 9.57. The molecule has 0 aliphatic rings. The number of amides is 2. The van der Waals surface area contributed by atoms with E-state index in [1.165, 1.54) is 26.5 Å². The Morgan fingerprint density at radius 2 is 1.85 bits per heavy atom. The van der Waals surface area contributed by atoms with E-state index in [2.05, 4.69) is 31.8 Å². The molecule has 0 heterocycles. The maximum absolute atomic E-state index is 12.1. The van der Waals surface area contributed by atoms with E-state index in [1.54, 1.807) is 12.1 Å². The molecule has 0 saturated carbocycles. The first-order chi connectivity index (χ1) is 12.5. The van der Waals surface area contributed by atoms with Crippen LogP contribution in [-0.2, 0) is 4.79 Å². The number of hydrogen-bond donors (Lipinski definition) is 2. The smallest absolute Gasteiger partial charge is 0.259 e. The van der Waals surface area contributed by atoms with Gasteiger partial charge in [0.05, 0.1) is 27.0 Å². The van der Waals surface area contributed by atoms with Gasteiger partial charge in [-0.15, -0.1) is 0 Å². The van der Waals surface area contributed by atoms with Gasteiger partial charge >= 0.3 is 0 Å². The lowest BCUT2D eigenvalue weighted by atomic mass is 10.2. The van der Waals surface area contributed by atoms with Gasteiger partial charge in [0, 0.05) is 15.6 Å². The van der Waals surface area contributed by atoms with Gasteiger partial charge in [0.2, 0.25) is 0 Å². The summed E-state index contributed by atoms with van der Waals surface area (Å²) < 4.78 is 11.1. The lowest BCUT2D eigenvalue weighted by Gasteiger charge is -2.09. The maximum atomic E-state index is 12.1. The van der Waals surface area contributed by atoms with Crippen molar-refractivity contribution in [3.8, 4) is 11.5 Å². The van der Waals surface area contributed by atoms with Crippen LogP contribution in [0, 0.1) is 0 Å². The first-order valence-electron chi connectivity index (χ1n) is 7.61. The minimum absolute atomic E-state index is 0.208. The van der Waals surface area contributed by atoms with Gasteiger partial charge in [0.15, 0.2) is 11.5 Å². The molecule has 0 bridgehead atoms. The van der Waals surface area contributed by atoms with Crippen LogP contribution in [0.15, 0.2) is 52.0 Å². The zero-order chi connectivity index (χ0) is 18.9. The Morgan fingerprint density at radius 1 is 1.12 bits per heavy atom. The number of halogens is 1. The summed E-state index contributed by atoms with van der Waals surface area (Å²) in [6.45, 7) is -0.208. The van der Waals surface area contributed by atoms with Gasteiger partial charge in [-0.05, 0) is 24.3 Å². The SMILES string of the molecule is COc1ccc(C(=O)NCC(=O)N/N=C\c2ccccc2Br)cc1OC. The normalized spacial score (nSPS) is 10.4. The zero-order valence-corrected chi connectivity index (χ0v) is 15.9. The van der Waals surface area contributed by atoms with Crippen LogP contribution in [-0.4, -0.2) is 38.8 Å². The molecule has 26 heavy (non-hydrogen) atoms. The number of nitrogens with zero attached hydrogens (tertiary/aromatic N) is 1. The number of benzene rings is 2. The number of nitrogens with one attached hydrogen (secondary N) is 2. The van der Waals surface area contributed by atoms with E-state index in [0.717, 1.165) is 10.0 Å². The van der Waals surface area contributed by atoms with E-state index in [1.807, 2.05) is 24.3 Å². The van der Waals surface area contributed by atoms with Crippen molar-refractivity contribution < 1.29 is 19.1 Å². The molecule has 2 N–H and O–H groups in total. The molecule has 0 fully saturated rings. The molecule has 2 aromatic carbocycles.